The SMILES string of the molecule is Cc1ncc(CN2CCC3(CC2)CN(C(=O)c2ccc(F)cc2)CCO3)o1. The minimum Gasteiger partial charge on any atom is -0.445 e. The topological polar surface area (TPSA) is 58.8 Å². The van der Waals surface area contributed by atoms with Gasteiger partial charge in [-0.3, -0.25) is 9.69 Å². The van der Waals surface area contributed by atoms with Gasteiger partial charge in [0.2, 0.25) is 0 Å². The van der Waals surface area contributed by atoms with Gasteiger partial charge >= 0.3 is 0 Å². The first-order valence-electron chi connectivity index (χ1n) is 9.35. The summed E-state index contributed by atoms with van der Waals surface area (Å²) in [4.78, 5) is 21.1. The van der Waals surface area contributed by atoms with Crippen LogP contribution in [0, 0.1) is 12.7 Å². The summed E-state index contributed by atoms with van der Waals surface area (Å²) < 4.78 is 24.8. The molecule has 2 aromatic rings. The highest BCUT2D eigenvalue weighted by molar-refractivity contribution is 5.94. The number of oxazole rings is 1. The second kappa shape index (κ2) is 7.40. The minimum atomic E-state index is -0.334. The van der Waals surface area contributed by atoms with Crippen LogP contribution in [0.1, 0.15) is 34.9 Å². The number of morpholine rings is 1. The summed E-state index contributed by atoms with van der Waals surface area (Å²) in [7, 11) is 0. The zero-order chi connectivity index (χ0) is 18.9. The molecule has 2 saturated heterocycles. The molecule has 0 N–H and O–H groups in total. The van der Waals surface area contributed by atoms with E-state index in [1.165, 1.54) is 12.1 Å². The maximum absolute atomic E-state index is 13.1. The van der Waals surface area contributed by atoms with Crippen LogP contribution >= 0.6 is 0 Å². The van der Waals surface area contributed by atoms with E-state index < -0.39 is 0 Å². The maximum atomic E-state index is 13.1. The number of amides is 1. The molecule has 1 aromatic carbocycles. The second-order valence-electron chi connectivity index (χ2n) is 7.39. The molecule has 1 spiro atoms. The quantitative estimate of drug-likeness (QED) is 0.828. The third-order valence-corrected chi connectivity index (χ3v) is 5.44. The van der Waals surface area contributed by atoms with Gasteiger partial charge in [-0.2, -0.15) is 0 Å². The minimum absolute atomic E-state index is 0.0581. The number of aryl methyl sites for hydroxylation is 1. The number of nitrogens with zero attached hydrogens (tertiary/aromatic N) is 3. The lowest BCUT2D eigenvalue weighted by molar-refractivity contribution is -0.128. The van der Waals surface area contributed by atoms with Crippen LogP contribution < -0.4 is 0 Å². The van der Waals surface area contributed by atoms with Crippen molar-refractivity contribution in [3.63, 3.8) is 0 Å². The fourth-order valence-electron chi connectivity index (χ4n) is 3.91. The predicted octanol–water partition coefficient (Wildman–Crippen LogP) is 2.63. The van der Waals surface area contributed by atoms with E-state index in [1.807, 2.05) is 11.8 Å². The average molecular weight is 373 g/mol. The van der Waals surface area contributed by atoms with Crippen molar-refractivity contribution in [3.05, 3.63) is 53.5 Å². The Morgan fingerprint density at radius 1 is 1.22 bits per heavy atom. The van der Waals surface area contributed by atoms with Gasteiger partial charge < -0.3 is 14.1 Å². The molecule has 27 heavy (non-hydrogen) atoms. The largest absolute Gasteiger partial charge is 0.445 e. The van der Waals surface area contributed by atoms with Gasteiger partial charge in [0.25, 0.3) is 5.91 Å². The fraction of sp³-hybridized carbons (Fsp3) is 0.500. The molecule has 0 unspecified atom stereocenters. The van der Waals surface area contributed by atoms with Crippen molar-refractivity contribution in [2.24, 2.45) is 0 Å². The van der Waals surface area contributed by atoms with Crippen molar-refractivity contribution in [1.82, 2.24) is 14.8 Å². The van der Waals surface area contributed by atoms with E-state index in [9.17, 15) is 9.18 Å². The highest BCUT2D eigenvalue weighted by Crippen LogP contribution is 2.31. The molecule has 2 aliphatic heterocycles. The summed E-state index contributed by atoms with van der Waals surface area (Å²) >= 11 is 0. The van der Waals surface area contributed by atoms with Gasteiger partial charge in [-0.25, -0.2) is 9.37 Å². The van der Waals surface area contributed by atoms with Crippen LogP contribution in [0.15, 0.2) is 34.9 Å². The molecular weight excluding hydrogens is 349 g/mol. The van der Waals surface area contributed by atoms with Crippen LogP contribution in [0.25, 0.3) is 0 Å². The molecule has 0 saturated carbocycles. The molecule has 7 heteroatoms. The van der Waals surface area contributed by atoms with Gasteiger partial charge in [-0.1, -0.05) is 0 Å². The molecule has 2 aliphatic rings. The number of hydrogen-bond acceptors (Lipinski definition) is 5. The lowest BCUT2D eigenvalue weighted by atomic mass is 9.89. The first kappa shape index (κ1) is 18.1. The summed E-state index contributed by atoms with van der Waals surface area (Å²) in [6, 6.07) is 5.74. The van der Waals surface area contributed by atoms with E-state index in [0.717, 1.165) is 38.2 Å². The number of halogens is 1. The Balaban J connectivity index is 1.36. The highest BCUT2D eigenvalue weighted by Gasteiger charge is 2.41. The Morgan fingerprint density at radius 3 is 2.63 bits per heavy atom. The molecule has 3 heterocycles. The van der Waals surface area contributed by atoms with Crippen molar-refractivity contribution in [3.8, 4) is 0 Å². The van der Waals surface area contributed by atoms with E-state index in [1.54, 1.807) is 18.3 Å². The molecule has 6 nitrogen and oxygen atoms in total. The lowest BCUT2D eigenvalue weighted by Crippen LogP contribution is -2.57. The molecular formula is C20H24FN3O3. The van der Waals surface area contributed by atoms with Crippen LogP contribution in [-0.4, -0.2) is 59.1 Å². The van der Waals surface area contributed by atoms with E-state index in [4.69, 9.17) is 9.15 Å². The number of aromatic nitrogens is 1. The van der Waals surface area contributed by atoms with Crippen LogP contribution in [0.4, 0.5) is 4.39 Å². The zero-order valence-electron chi connectivity index (χ0n) is 15.5. The summed E-state index contributed by atoms with van der Waals surface area (Å²) in [5.74, 6) is 1.17. The maximum Gasteiger partial charge on any atom is 0.254 e. The van der Waals surface area contributed by atoms with Crippen molar-refractivity contribution < 1.29 is 18.3 Å². The highest BCUT2D eigenvalue weighted by atomic mass is 19.1. The van der Waals surface area contributed by atoms with Crippen molar-refractivity contribution in [2.45, 2.75) is 31.9 Å². The van der Waals surface area contributed by atoms with Gasteiger partial charge in [-0.15, -0.1) is 0 Å². The Morgan fingerprint density at radius 2 is 1.96 bits per heavy atom. The van der Waals surface area contributed by atoms with E-state index in [0.29, 0.717) is 31.2 Å². The number of piperidine rings is 1. The molecule has 2 fully saturated rings. The Labute approximate surface area is 157 Å². The van der Waals surface area contributed by atoms with Crippen LogP contribution in [-0.2, 0) is 11.3 Å². The molecule has 0 bridgehead atoms. The number of rotatable bonds is 3. The number of carbonyl (C=O) groups excluding carboxylic acids is 1. The van der Waals surface area contributed by atoms with Crippen molar-refractivity contribution in [2.75, 3.05) is 32.8 Å². The summed E-state index contributed by atoms with van der Waals surface area (Å²) in [6.07, 6.45) is 3.51. The molecule has 1 aromatic heterocycles. The fourth-order valence-corrected chi connectivity index (χ4v) is 3.91. The third kappa shape index (κ3) is 4.04. The molecule has 4 rings (SSSR count). The summed E-state index contributed by atoms with van der Waals surface area (Å²) in [6.45, 7) is 6.05. The average Bonchev–Trinajstić information content (AvgIpc) is 3.09. The lowest BCUT2D eigenvalue weighted by Gasteiger charge is -2.47. The van der Waals surface area contributed by atoms with Crippen molar-refractivity contribution in [1.29, 1.82) is 0 Å². The molecule has 0 aliphatic carbocycles. The zero-order valence-corrected chi connectivity index (χ0v) is 15.5. The van der Waals surface area contributed by atoms with Gasteiger partial charge in [0, 0.05) is 32.1 Å². The number of benzene rings is 1. The van der Waals surface area contributed by atoms with Gasteiger partial charge in [0.05, 0.1) is 31.5 Å². The molecule has 1 amide bonds. The first-order chi connectivity index (χ1) is 13.0. The summed E-state index contributed by atoms with van der Waals surface area (Å²) in [5, 5.41) is 0. The van der Waals surface area contributed by atoms with Gasteiger partial charge in [-0.05, 0) is 37.1 Å². The smallest absolute Gasteiger partial charge is 0.254 e. The van der Waals surface area contributed by atoms with E-state index >= 15 is 0 Å². The number of hydrogen-bond donors (Lipinski definition) is 0. The second-order valence-corrected chi connectivity index (χ2v) is 7.39. The monoisotopic (exact) mass is 373 g/mol. The number of likely N-dealkylation sites (tertiary alicyclic amines) is 1. The van der Waals surface area contributed by atoms with E-state index in [-0.39, 0.29) is 17.3 Å². The van der Waals surface area contributed by atoms with Gasteiger partial charge in [0.15, 0.2) is 5.89 Å². The van der Waals surface area contributed by atoms with E-state index in [2.05, 4.69) is 9.88 Å². The number of carbonyl (C=O) groups is 1. The Bertz CT molecular complexity index is 797. The Hall–Kier alpha value is -2.25. The van der Waals surface area contributed by atoms with Gasteiger partial charge in [0.1, 0.15) is 11.6 Å². The van der Waals surface area contributed by atoms with Crippen LogP contribution in [0.3, 0.4) is 0 Å². The van der Waals surface area contributed by atoms with Crippen LogP contribution in [0.5, 0.6) is 0 Å². The number of ether oxygens (including phenoxy) is 1. The summed E-state index contributed by atoms with van der Waals surface area (Å²) in [5.41, 5.74) is 0.230. The van der Waals surface area contributed by atoms with Crippen molar-refractivity contribution >= 4 is 5.91 Å². The Kier molecular flexibility index (Phi) is 4.97. The predicted molar refractivity (Wildman–Crippen MR) is 96.7 cm³/mol. The third-order valence-electron chi connectivity index (χ3n) is 5.44. The molecule has 0 radical (unpaired) electrons. The first-order valence-corrected chi connectivity index (χ1v) is 9.35. The molecule has 0 atom stereocenters. The standard InChI is InChI=1S/C20H24FN3O3/c1-15-22-12-18(27-15)13-23-8-6-20(7-9-23)14-24(10-11-26-20)19(25)16-2-4-17(21)5-3-16/h2-5,12H,6-11,13-14H2,1H3. The normalized spacial score (nSPS) is 20.1. The van der Waals surface area contributed by atoms with Crippen LogP contribution in [0.2, 0.25) is 0 Å². The molecule has 144 valence electrons.